The van der Waals surface area contributed by atoms with E-state index in [1.807, 2.05) is 0 Å². The summed E-state index contributed by atoms with van der Waals surface area (Å²) in [5, 5.41) is 12.7. The quantitative estimate of drug-likeness (QED) is 0.825. The molecule has 2 atom stereocenters. The third-order valence-corrected chi connectivity index (χ3v) is 4.28. The molecule has 0 bridgehead atoms. The Morgan fingerprint density at radius 1 is 1.47 bits per heavy atom. The molecule has 1 fully saturated rings. The summed E-state index contributed by atoms with van der Waals surface area (Å²) >= 11 is 17.7. The smallest absolute Gasteiger partial charge is 0.241 e. The molecule has 1 amide bonds. The van der Waals surface area contributed by atoms with Crippen molar-refractivity contribution >= 4 is 57.4 Å². The van der Waals surface area contributed by atoms with Gasteiger partial charge in [-0.25, -0.2) is 0 Å². The number of aliphatic hydroxyl groups is 1. The maximum Gasteiger partial charge on any atom is 0.241 e. The number of benzene rings is 1. The normalized spacial score (nSPS) is 21.5. The van der Waals surface area contributed by atoms with Crippen LogP contribution in [0.15, 0.2) is 18.2 Å². The Kier molecular flexibility index (Phi) is 3.95. The molecule has 1 heterocycles. The summed E-state index contributed by atoms with van der Waals surface area (Å²) in [5.74, 6) is -0.307. The van der Waals surface area contributed by atoms with E-state index in [0.29, 0.717) is 19.9 Å². The average molecular weight is 308 g/mol. The number of halogens is 2. The van der Waals surface area contributed by atoms with Gasteiger partial charge >= 0.3 is 0 Å². The molecule has 0 aliphatic carbocycles. The fourth-order valence-electron chi connectivity index (χ4n) is 1.48. The Bertz CT molecular complexity index is 495. The van der Waals surface area contributed by atoms with E-state index in [4.69, 9.17) is 35.4 Å². The molecule has 7 heteroatoms. The molecule has 1 aliphatic heterocycles. The molecular formula is C10H7Cl2NO2S2. The van der Waals surface area contributed by atoms with Crippen LogP contribution in [0.5, 0.6) is 0 Å². The minimum Gasteiger partial charge on any atom is -0.387 e. The fourth-order valence-corrected chi connectivity index (χ4v) is 3.25. The molecular weight excluding hydrogens is 301 g/mol. The van der Waals surface area contributed by atoms with Crippen molar-refractivity contribution in [2.24, 2.45) is 0 Å². The van der Waals surface area contributed by atoms with Gasteiger partial charge in [-0.05, 0) is 12.1 Å². The highest BCUT2D eigenvalue weighted by atomic mass is 35.5. The Morgan fingerprint density at radius 3 is 2.71 bits per heavy atom. The highest BCUT2D eigenvalue weighted by Crippen LogP contribution is 2.35. The van der Waals surface area contributed by atoms with Crippen molar-refractivity contribution in [3.05, 3.63) is 33.8 Å². The number of hydrogen-bond donors (Lipinski definition) is 2. The zero-order valence-electron chi connectivity index (χ0n) is 8.31. The lowest BCUT2D eigenvalue weighted by Crippen LogP contribution is -2.28. The second-order valence-corrected chi connectivity index (χ2v) is 6.09. The van der Waals surface area contributed by atoms with Gasteiger partial charge in [-0.3, -0.25) is 4.79 Å². The highest BCUT2D eigenvalue weighted by Gasteiger charge is 2.36. The SMILES string of the molecule is O=C1NC(=S)SC1C(O)c1ccc(Cl)cc1Cl. The third kappa shape index (κ3) is 2.74. The molecule has 2 rings (SSSR count). The van der Waals surface area contributed by atoms with Crippen LogP contribution in [0.3, 0.4) is 0 Å². The van der Waals surface area contributed by atoms with Crippen LogP contribution in [-0.2, 0) is 4.79 Å². The van der Waals surface area contributed by atoms with Gasteiger partial charge in [0.05, 0.1) is 0 Å². The highest BCUT2D eigenvalue weighted by molar-refractivity contribution is 8.24. The summed E-state index contributed by atoms with van der Waals surface area (Å²) in [6, 6.07) is 4.74. The number of thiocarbonyl (C=S) groups is 1. The lowest BCUT2D eigenvalue weighted by molar-refractivity contribution is -0.120. The Labute approximate surface area is 117 Å². The molecule has 0 saturated carbocycles. The number of carbonyl (C=O) groups is 1. The van der Waals surface area contributed by atoms with Crippen molar-refractivity contribution in [2.45, 2.75) is 11.4 Å². The van der Waals surface area contributed by atoms with Gasteiger partial charge in [-0.2, -0.15) is 0 Å². The van der Waals surface area contributed by atoms with E-state index >= 15 is 0 Å². The number of hydrogen-bond acceptors (Lipinski definition) is 4. The van der Waals surface area contributed by atoms with Crippen LogP contribution in [-0.4, -0.2) is 20.6 Å². The van der Waals surface area contributed by atoms with Gasteiger partial charge in [0.25, 0.3) is 0 Å². The summed E-state index contributed by atoms with van der Waals surface area (Å²) in [5.41, 5.74) is 0.466. The van der Waals surface area contributed by atoms with E-state index in [1.54, 1.807) is 12.1 Å². The Hall–Kier alpha value is -0.330. The molecule has 1 aromatic carbocycles. The first kappa shape index (κ1) is 13.1. The van der Waals surface area contributed by atoms with Crippen LogP contribution < -0.4 is 5.32 Å². The minimum atomic E-state index is -1.01. The first-order chi connectivity index (χ1) is 7.99. The molecule has 0 aromatic heterocycles. The first-order valence-corrected chi connectivity index (χ1v) is 6.68. The van der Waals surface area contributed by atoms with Crippen LogP contribution in [0.1, 0.15) is 11.7 Å². The number of aliphatic hydroxyl groups excluding tert-OH is 1. The number of nitrogens with one attached hydrogen (secondary N) is 1. The van der Waals surface area contributed by atoms with E-state index < -0.39 is 11.4 Å². The van der Waals surface area contributed by atoms with E-state index in [0.717, 1.165) is 11.8 Å². The third-order valence-electron chi connectivity index (χ3n) is 2.29. The maximum absolute atomic E-state index is 11.5. The fraction of sp³-hybridized carbons (Fsp3) is 0.200. The van der Waals surface area contributed by atoms with Crippen LogP contribution in [0.4, 0.5) is 0 Å². The molecule has 0 spiro atoms. The van der Waals surface area contributed by atoms with Gasteiger partial charge in [0, 0.05) is 15.6 Å². The van der Waals surface area contributed by atoms with Crippen LogP contribution >= 0.6 is 47.2 Å². The van der Waals surface area contributed by atoms with Crippen molar-refractivity contribution < 1.29 is 9.90 Å². The monoisotopic (exact) mass is 307 g/mol. The largest absolute Gasteiger partial charge is 0.387 e. The standard InChI is InChI=1S/C10H7Cl2NO2S2/c11-4-1-2-5(6(12)3-4)7(14)8-9(15)13-10(16)17-8/h1-3,7-8,14H,(H,13,15,16). The molecule has 90 valence electrons. The van der Waals surface area contributed by atoms with Crippen LogP contribution in [0.2, 0.25) is 10.0 Å². The molecule has 2 unspecified atom stereocenters. The first-order valence-electron chi connectivity index (χ1n) is 4.63. The molecule has 2 N–H and O–H groups in total. The molecule has 0 radical (unpaired) electrons. The van der Waals surface area contributed by atoms with Crippen molar-refractivity contribution in [1.82, 2.24) is 5.32 Å². The Balaban J connectivity index is 2.28. The summed E-state index contributed by atoms with van der Waals surface area (Å²) in [4.78, 5) is 11.5. The predicted octanol–water partition coefficient (Wildman–Crippen LogP) is 2.54. The summed E-state index contributed by atoms with van der Waals surface area (Å²) < 4.78 is 0.365. The van der Waals surface area contributed by atoms with Crippen molar-refractivity contribution in [1.29, 1.82) is 0 Å². The van der Waals surface area contributed by atoms with Gasteiger partial charge in [-0.1, -0.05) is 53.2 Å². The van der Waals surface area contributed by atoms with Gasteiger partial charge in [-0.15, -0.1) is 0 Å². The molecule has 1 saturated heterocycles. The number of carbonyl (C=O) groups excluding carboxylic acids is 1. The molecule has 1 aliphatic rings. The number of amides is 1. The summed E-state index contributed by atoms with van der Waals surface area (Å²) in [6.07, 6.45) is -1.01. The maximum atomic E-state index is 11.5. The average Bonchev–Trinajstić information content (AvgIpc) is 2.57. The minimum absolute atomic E-state index is 0.307. The number of rotatable bonds is 2. The summed E-state index contributed by atoms with van der Waals surface area (Å²) in [6.45, 7) is 0. The van der Waals surface area contributed by atoms with Gasteiger partial charge in [0.15, 0.2) is 0 Å². The Morgan fingerprint density at radius 2 is 2.18 bits per heavy atom. The van der Waals surface area contributed by atoms with Crippen LogP contribution in [0.25, 0.3) is 0 Å². The van der Waals surface area contributed by atoms with Crippen molar-refractivity contribution in [3.63, 3.8) is 0 Å². The van der Waals surface area contributed by atoms with E-state index in [1.165, 1.54) is 6.07 Å². The lowest BCUT2D eigenvalue weighted by Gasteiger charge is -2.16. The van der Waals surface area contributed by atoms with Gasteiger partial charge in [0.2, 0.25) is 5.91 Å². The van der Waals surface area contributed by atoms with Crippen LogP contribution in [0, 0.1) is 0 Å². The van der Waals surface area contributed by atoms with Crippen molar-refractivity contribution in [2.75, 3.05) is 0 Å². The summed E-state index contributed by atoms with van der Waals surface area (Å²) in [7, 11) is 0. The lowest BCUT2D eigenvalue weighted by atomic mass is 10.1. The second kappa shape index (κ2) is 5.12. The van der Waals surface area contributed by atoms with E-state index in [2.05, 4.69) is 5.32 Å². The van der Waals surface area contributed by atoms with Gasteiger partial charge < -0.3 is 10.4 Å². The second-order valence-electron chi connectivity index (χ2n) is 3.43. The van der Waals surface area contributed by atoms with E-state index in [9.17, 15) is 9.90 Å². The van der Waals surface area contributed by atoms with Gasteiger partial charge in [0.1, 0.15) is 15.7 Å². The number of thioether (sulfide) groups is 1. The topological polar surface area (TPSA) is 49.3 Å². The predicted molar refractivity (Wildman–Crippen MR) is 73.5 cm³/mol. The molecule has 1 aromatic rings. The zero-order valence-corrected chi connectivity index (χ0v) is 11.5. The zero-order chi connectivity index (χ0) is 12.6. The molecule has 3 nitrogen and oxygen atoms in total. The molecule has 17 heavy (non-hydrogen) atoms. The van der Waals surface area contributed by atoms with E-state index in [-0.39, 0.29) is 5.91 Å². The van der Waals surface area contributed by atoms with Crippen molar-refractivity contribution in [3.8, 4) is 0 Å².